The van der Waals surface area contributed by atoms with E-state index in [4.69, 9.17) is 10.8 Å². The molecular formula is C23H31N5O8. The number of fused-ring (bicyclic) bond motifs is 1. The average Bonchev–Trinajstić information content (AvgIpc) is 3.21. The number of aromatic nitrogens is 1. The second-order valence-electron chi connectivity index (χ2n) is 8.47. The number of carboxylic acids is 2. The Kier molecular flexibility index (Phi) is 9.93. The van der Waals surface area contributed by atoms with Gasteiger partial charge in [-0.05, 0) is 31.9 Å². The van der Waals surface area contributed by atoms with Crippen LogP contribution in [0.4, 0.5) is 0 Å². The largest absolute Gasteiger partial charge is 0.481 e. The molecule has 0 aliphatic rings. The number of aromatic amines is 1. The van der Waals surface area contributed by atoms with E-state index in [9.17, 15) is 34.2 Å². The summed E-state index contributed by atoms with van der Waals surface area (Å²) in [6.45, 7) is 2.61. The van der Waals surface area contributed by atoms with Crippen LogP contribution in [-0.2, 0) is 30.4 Å². The molecule has 5 unspecified atom stereocenters. The molecule has 1 heterocycles. The van der Waals surface area contributed by atoms with E-state index in [1.807, 2.05) is 12.1 Å². The molecule has 0 spiro atoms. The number of hydrogen-bond donors (Lipinski definition) is 8. The van der Waals surface area contributed by atoms with Crippen molar-refractivity contribution in [2.45, 2.75) is 63.4 Å². The van der Waals surface area contributed by atoms with Gasteiger partial charge in [-0.25, -0.2) is 4.79 Å². The summed E-state index contributed by atoms with van der Waals surface area (Å²) in [5.41, 5.74) is 6.90. The molecule has 2 aromatic rings. The summed E-state index contributed by atoms with van der Waals surface area (Å²) in [6, 6.07) is 1.91. The number of nitrogens with one attached hydrogen (secondary N) is 4. The van der Waals surface area contributed by atoms with Crippen molar-refractivity contribution in [3.8, 4) is 0 Å². The number of aliphatic hydroxyl groups is 1. The SMILES string of the molecule is CC(N)C(=O)NC(C(=O)NC(CCC(=O)O)C(=O)NC(Cc1c[nH]c2ccccc12)C(=O)O)C(C)O. The Bertz CT molecular complexity index is 1110. The molecule has 5 atom stereocenters. The van der Waals surface area contributed by atoms with Crippen molar-refractivity contribution >= 4 is 40.6 Å². The monoisotopic (exact) mass is 505 g/mol. The first kappa shape index (κ1) is 28.3. The Hall–Kier alpha value is -3.97. The highest BCUT2D eigenvalue weighted by atomic mass is 16.4. The van der Waals surface area contributed by atoms with E-state index < -0.39 is 66.4 Å². The fourth-order valence-electron chi connectivity index (χ4n) is 3.48. The molecule has 0 aliphatic carbocycles. The molecule has 13 heteroatoms. The van der Waals surface area contributed by atoms with Crippen molar-refractivity contribution < 1.29 is 39.3 Å². The van der Waals surface area contributed by atoms with Crippen LogP contribution in [-0.4, -0.2) is 80.2 Å². The smallest absolute Gasteiger partial charge is 0.326 e. The van der Waals surface area contributed by atoms with E-state index in [1.54, 1.807) is 18.3 Å². The predicted molar refractivity (Wildman–Crippen MR) is 128 cm³/mol. The quantitative estimate of drug-likeness (QED) is 0.164. The summed E-state index contributed by atoms with van der Waals surface area (Å²) < 4.78 is 0. The number of benzene rings is 1. The van der Waals surface area contributed by atoms with Gasteiger partial charge in [-0.15, -0.1) is 0 Å². The van der Waals surface area contributed by atoms with Crippen molar-refractivity contribution in [3.63, 3.8) is 0 Å². The van der Waals surface area contributed by atoms with Crippen molar-refractivity contribution in [1.29, 1.82) is 0 Å². The van der Waals surface area contributed by atoms with E-state index in [1.165, 1.54) is 13.8 Å². The van der Waals surface area contributed by atoms with Gasteiger partial charge in [0, 0.05) is 29.9 Å². The Balaban J connectivity index is 2.20. The number of carbonyl (C=O) groups is 5. The van der Waals surface area contributed by atoms with Gasteiger partial charge in [-0.2, -0.15) is 0 Å². The lowest BCUT2D eigenvalue weighted by molar-refractivity contribution is -0.143. The molecule has 3 amide bonds. The van der Waals surface area contributed by atoms with E-state index in [0.717, 1.165) is 10.9 Å². The van der Waals surface area contributed by atoms with Gasteiger partial charge in [0.1, 0.15) is 18.1 Å². The van der Waals surface area contributed by atoms with E-state index in [-0.39, 0.29) is 12.8 Å². The Labute approximate surface area is 206 Å². The lowest BCUT2D eigenvalue weighted by atomic mass is 10.0. The van der Waals surface area contributed by atoms with Crippen LogP contribution in [0.15, 0.2) is 30.5 Å². The predicted octanol–water partition coefficient (Wildman–Crippen LogP) is -1.16. The third-order valence-electron chi connectivity index (χ3n) is 5.47. The highest BCUT2D eigenvalue weighted by Gasteiger charge is 2.32. The van der Waals surface area contributed by atoms with Gasteiger partial charge in [0.15, 0.2) is 0 Å². The van der Waals surface area contributed by atoms with Crippen LogP contribution in [0.1, 0.15) is 32.3 Å². The maximum absolute atomic E-state index is 13.0. The first-order chi connectivity index (χ1) is 16.9. The summed E-state index contributed by atoms with van der Waals surface area (Å²) in [7, 11) is 0. The highest BCUT2D eigenvalue weighted by molar-refractivity contribution is 5.94. The first-order valence-electron chi connectivity index (χ1n) is 11.2. The van der Waals surface area contributed by atoms with Gasteiger partial charge >= 0.3 is 11.9 Å². The van der Waals surface area contributed by atoms with Gasteiger partial charge in [-0.1, -0.05) is 18.2 Å². The Morgan fingerprint density at radius 1 is 0.944 bits per heavy atom. The van der Waals surface area contributed by atoms with Crippen molar-refractivity contribution in [3.05, 3.63) is 36.0 Å². The van der Waals surface area contributed by atoms with Crippen molar-refractivity contribution in [1.82, 2.24) is 20.9 Å². The number of para-hydroxylation sites is 1. The van der Waals surface area contributed by atoms with Gasteiger partial charge in [0.2, 0.25) is 17.7 Å². The van der Waals surface area contributed by atoms with Crippen molar-refractivity contribution in [2.24, 2.45) is 5.73 Å². The maximum atomic E-state index is 13.0. The number of H-pyrrole nitrogens is 1. The minimum atomic E-state index is -1.48. The fraction of sp³-hybridized carbons (Fsp3) is 0.435. The molecule has 13 nitrogen and oxygen atoms in total. The van der Waals surface area contributed by atoms with Crippen LogP contribution in [0.25, 0.3) is 10.9 Å². The van der Waals surface area contributed by atoms with Crippen LogP contribution in [0, 0.1) is 0 Å². The molecule has 1 aromatic heterocycles. The molecule has 0 bridgehead atoms. The first-order valence-corrected chi connectivity index (χ1v) is 11.2. The summed E-state index contributed by atoms with van der Waals surface area (Å²) >= 11 is 0. The number of nitrogens with two attached hydrogens (primary N) is 1. The number of aliphatic hydroxyl groups excluding tert-OH is 1. The molecule has 196 valence electrons. The van der Waals surface area contributed by atoms with Crippen LogP contribution < -0.4 is 21.7 Å². The number of aliphatic carboxylic acids is 2. The summed E-state index contributed by atoms with van der Waals surface area (Å²) in [5, 5.41) is 36.4. The van der Waals surface area contributed by atoms with Crippen LogP contribution in [0.2, 0.25) is 0 Å². The molecular weight excluding hydrogens is 474 g/mol. The van der Waals surface area contributed by atoms with Gasteiger partial charge in [0.05, 0.1) is 12.1 Å². The summed E-state index contributed by atoms with van der Waals surface area (Å²) in [6.07, 6.45) is -0.690. The standard InChI is InChI=1S/C23H31N5O8/c1-11(24)20(32)28-19(12(2)29)22(34)26-16(7-8-18(30)31)21(33)27-17(23(35)36)9-13-10-25-15-6-4-3-5-14(13)15/h3-6,10-12,16-17,19,25,29H,7-9,24H2,1-2H3,(H,26,34)(H,27,33)(H,28,32)(H,30,31)(H,35,36). The molecule has 0 aliphatic heterocycles. The molecule has 9 N–H and O–H groups in total. The number of rotatable bonds is 13. The second-order valence-corrected chi connectivity index (χ2v) is 8.47. The fourth-order valence-corrected chi connectivity index (χ4v) is 3.48. The minimum Gasteiger partial charge on any atom is -0.481 e. The van der Waals surface area contributed by atoms with Crippen LogP contribution in [0.3, 0.4) is 0 Å². The number of amides is 3. The zero-order chi connectivity index (χ0) is 27.0. The van der Waals surface area contributed by atoms with E-state index >= 15 is 0 Å². The molecule has 0 saturated heterocycles. The summed E-state index contributed by atoms with van der Waals surface area (Å²) in [4.78, 5) is 63.6. The average molecular weight is 506 g/mol. The van der Waals surface area contributed by atoms with Crippen LogP contribution >= 0.6 is 0 Å². The Morgan fingerprint density at radius 3 is 2.17 bits per heavy atom. The second kappa shape index (κ2) is 12.7. The molecule has 0 radical (unpaired) electrons. The zero-order valence-corrected chi connectivity index (χ0v) is 19.9. The van der Waals surface area contributed by atoms with E-state index in [0.29, 0.717) is 5.56 Å². The minimum absolute atomic E-state index is 0.0779. The van der Waals surface area contributed by atoms with Gasteiger partial charge in [-0.3, -0.25) is 19.2 Å². The van der Waals surface area contributed by atoms with E-state index in [2.05, 4.69) is 20.9 Å². The molecule has 0 saturated carbocycles. The summed E-state index contributed by atoms with van der Waals surface area (Å²) in [5.74, 6) is -5.20. The molecule has 1 aromatic carbocycles. The molecule has 36 heavy (non-hydrogen) atoms. The van der Waals surface area contributed by atoms with Gasteiger partial charge in [0.25, 0.3) is 0 Å². The van der Waals surface area contributed by atoms with Crippen LogP contribution in [0.5, 0.6) is 0 Å². The molecule has 2 rings (SSSR count). The maximum Gasteiger partial charge on any atom is 0.326 e. The lowest BCUT2D eigenvalue weighted by Gasteiger charge is -2.26. The topological polar surface area (TPSA) is 224 Å². The number of carbonyl (C=O) groups excluding carboxylic acids is 3. The normalized spacial score (nSPS) is 15.2. The number of hydrogen-bond acceptors (Lipinski definition) is 7. The lowest BCUT2D eigenvalue weighted by Crippen LogP contribution is -2.59. The highest BCUT2D eigenvalue weighted by Crippen LogP contribution is 2.19. The third-order valence-corrected chi connectivity index (χ3v) is 5.47. The Morgan fingerprint density at radius 2 is 1.58 bits per heavy atom. The van der Waals surface area contributed by atoms with Crippen molar-refractivity contribution in [2.75, 3.05) is 0 Å². The zero-order valence-electron chi connectivity index (χ0n) is 19.9. The van der Waals surface area contributed by atoms with Gasteiger partial charge < -0.3 is 42.0 Å². The number of carboxylic acid groups (broad SMARTS) is 2. The third kappa shape index (κ3) is 7.78. The molecule has 0 fully saturated rings.